The molecule has 1 aliphatic carbocycles. The molecule has 0 N–H and O–H groups in total. The molecule has 0 amide bonds. The highest BCUT2D eigenvalue weighted by molar-refractivity contribution is 6.48. The maximum Gasteiger partial charge on any atom is 0.225 e. The summed E-state index contributed by atoms with van der Waals surface area (Å²) in [4.78, 5) is 33.6. The monoisotopic (exact) mass is 232 g/mol. The zero-order valence-electron chi connectivity index (χ0n) is 10.5. The van der Waals surface area contributed by atoms with Crippen LogP contribution in [0.1, 0.15) is 27.7 Å². The van der Waals surface area contributed by atoms with Crippen molar-refractivity contribution in [3.05, 3.63) is 34.9 Å². The van der Waals surface area contributed by atoms with Crippen LogP contribution in [0.2, 0.25) is 0 Å². The van der Waals surface area contributed by atoms with E-state index in [-0.39, 0.29) is 5.78 Å². The fourth-order valence-electron chi connectivity index (χ4n) is 1.88. The van der Waals surface area contributed by atoms with Crippen LogP contribution >= 0.6 is 0 Å². The molecule has 0 spiro atoms. The van der Waals surface area contributed by atoms with Crippen LogP contribution in [0.4, 0.5) is 0 Å². The molecule has 0 aliphatic heterocycles. The molecule has 1 aliphatic rings. The number of allylic oxidation sites excluding steroid dienone is 6. The van der Waals surface area contributed by atoms with Crippen molar-refractivity contribution in [2.45, 2.75) is 27.7 Å². The Hall–Kier alpha value is -1.77. The Bertz CT molecular complexity index is 474. The number of carbonyl (C=O) groups is 3. The van der Waals surface area contributed by atoms with Crippen LogP contribution in [-0.2, 0) is 14.4 Å². The summed E-state index contributed by atoms with van der Waals surface area (Å²) in [5.74, 6) is -0.779. The normalized spacial score (nSPS) is 20.6. The molecule has 0 fully saturated rings. The van der Waals surface area contributed by atoms with E-state index < -0.39 is 11.2 Å². The standard InChI is InChI=1S/C14H16O3/c1-9(7-8-15)5-6-11-10(2)12(16)13(17)14(11,3)4/h5-8H,1-4H3/b6-5+,9-7+. The second-order valence-electron chi connectivity index (χ2n) is 4.70. The summed E-state index contributed by atoms with van der Waals surface area (Å²) < 4.78 is 0. The molecule has 1 rings (SSSR count). The molecular weight excluding hydrogens is 216 g/mol. The molecule has 0 heterocycles. The predicted molar refractivity (Wildman–Crippen MR) is 65.5 cm³/mol. The lowest BCUT2D eigenvalue weighted by molar-refractivity contribution is -0.137. The topological polar surface area (TPSA) is 51.2 Å². The molecule has 0 radical (unpaired) electrons. The number of hydrogen-bond acceptors (Lipinski definition) is 3. The quantitative estimate of drug-likeness (QED) is 0.324. The molecule has 0 bridgehead atoms. The van der Waals surface area contributed by atoms with Gasteiger partial charge in [0.1, 0.15) is 6.29 Å². The molecule has 0 aromatic heterocycles. The second-order valence-corrected chi connectivity index (χ2v) is 4.70. The van der Waals surface area contributed by atoms with E-state index >= 15 is 0 Å². The van der Waals surface area contributed by atoms with Gasteiger partial charge in [-0.1, -0.05) is 12.2 Å². The van der Waals surface area contributed by atoms with Crippen LogP contribution in [0.15, 0.2) is 34.9 Å². The average molecular weight is 232 g/mol. The first-order valence-electron chi connectivity index (χ1n) is 5.43. The summed E-state index contributed by atoms with van der Waals surface area (Å²) in [5.41, 5.74) is 1.24. The second kappa shape index (κ2) is 4.62. The molecule has 0 aromatic rings. The molecule has 0 atom stereocenters. The van der Waals surface area contributed by atoms with E-state index in [2.05, 4.69) is 0 Å². The van der Waals surface area contributed by atoms with E-state index in [1.165, 1.54) is 6.08 Å². The predicted octanol–water partition coefficient (Wildman–Crippen LogP) is 2.18. The summed E-state index contributed by atoms with van der Waals surface area (Å²) in [5, 5.41) is 0. The summed E-state index contributed by atoms with van der Waals surface area (Å²) >= 11 is 0. The minimum absolute atomic E-state index is 0.369. The molecule has 0 aromatic carbocycles. The summed E-state index contributed by atoms with van der Waals surface area (Å²) in [6.45, 7) is 6.92. The van der Waals surface area contributed by atoms with Gasteiger partial charge in [-0.3, -0.25) is 14.4 Å². The number of Topliss-reactive ketones (excluding diaryl/α,β-unsaturated/α-hetero) is 2. The Kier molecular flexibility index (Phi) is 3.61. The third kappa shape index (κ3) is 2.33. The van der Waals surface area contributed by atoms with Gasteiger partial charge >= 0.3 is 0 Å². The van der Waals surface area contributed by atoms with Crippen molar-refractivity contribution < 1.29 is 14.4 Å². The first-order valence-corrected chi connectivity index (χ1v) is 5.43. The van der Waals surface area contributed by atoms with Crippen molar-refractivity contribution in [3.8, 4) is 0 Å². The molecule has 3 heteroatoms. The van der Waals surface area contributed by atoms with E-state index in [1.807, 2.05) is 0 Å². The Labute approximate surface area is 101 Å². The fraction of sp³-hybridized carbons (Fsp3) is 0.357. The zero-order chi connectivity index (χ0) is 13.2. The maximum atomic E-state index is 11.7. The van der Waals surface area contributed by atoms with Gasteiger partial charge in [0, 0.05) is 5.57 Å². The van der Waals surface area contributed by atoms with Gasteiger partial charge in [0.2, 0.25) is 11.6 Å². The first-order chi connectivity index (χ1) is 7.82. The van der Waals surface area contributed by atoms with E-state index in [9.17, 15) is 14.4 Å². The molecule has 0 saturated heterocycles. The lowest BCUT2D eigenvalue weighted by atomic mass is 9.84. The highest BCUT2D eigenvalue weighted by atomic mass is 16.2. The van der Waals surface area contributed by atoms with Crippen molar-refractivity contribution in [2.75, 3.05) is 0 Å². The van der Waals surface area contributed by atoms with Crippen molar-refractivity contribution in [3.63, 3.8) is 0 Å². The zero-order valence-corrected chi connectivity index (χ0v) is 10.5. The number of carbonyl (C=O) groups excluding carboxylic acids is 3. The van der Waals surface area contributed by atoms with E-state index in [0.717, 1.165) is 11.1 Å². The molecular formula is C14H16O3. The van der Waals surface area contributed by atoms with Crippen LogP contribution in [0.25, 0.3) is 0 Å². The van der Waals surface area contributed by atoms with Gasteiger partial charge in [-0.25, -0.2) is 0 Å². The smallest absolute Gasteiger partial charge is 0.225 e. The van der Waals surface area contributed by atoms with Crippen molar-refractivity contribution in [2.24, 2.45) is 5.41 Å². The molecule has 0 saturated carbocycles. The number of rotatable bonds is 3. The van der Waals surface area contributed by atoms with E-state index in [4.69, 9.17) is 0 Å². The van der Waals surface area contributed by atoms with Crippen LogP contribution in [-0.4, -0.2) is 17.9 Å². The Morgan fingerprint density at radius 2 is 1.82 bits per heavy atom. The van der Waals surface area contributed by atoms with Gasteiger partial charge in [0.25, 0.3) is 0 Å². The molecule has 0 unspecified atom stereocenters. The van der Waals surface area contributed by atoms with Crippen molar-refractivity contribution in [1.29, 1.82) is 0 Å². The third-order valence-electron chi connectivity index (χ3n) is 3.04. The van der Waals surface area contributed by atoms with Crippen LogP contribution in [0.3, 0.4) is 0 Å². The van der Waals surface area contributed by atoms with Crippen LogP contribution < -0.4 is 0 Å². The Morgan fingerprint density at radius 1 is 1.24 bits per heavy atom. The van der Waals surface area contributed by atoms with E-state index in [0.29, 0.717) is 11.9 Å². The van der Waals surface area contributed by atoms with Gasteiger partial charge in [0.15, 0.2) is 0 Å². The summed E-state index contributed by atoms with van der Waals surface area (Å²) in [6.07, 6.45) is 5.61. The average Bonchev–Trinajstić information content (AvgIpc) is 2.39. The highest BCUT2D eigenvalue weighted by Gasteiger charge is 2.43. The minimum Gasteiger partial charge on any atom is -0.299 e. The molecule has 3 nitrogen and oxygen atoms in total. The Morgan fingerprint density at radius 3 is 2.24 bits per heavy atom. The van der Waals surface area contributed by atoms with Gasteiger partial charge in [0.05, 0.1) is 5.41 Å². The molecule has 17 heavy (non-hydrogen) atoms. The third-order valence-corrected chi connectivity index (χ3v) is 3.04. The largest absolute Gasteiger partial charge is 0.299 e. The lowest BCUT2D eigenvalue weighted by Crippen LogP contribution is -2.24. The Balaban J connectivity index is 3.14. The fourth-order valence-corrected chi connectivity index (χ4v) is 1.88. The van der Waals surface area contributed by atoms with Crippen molar-refractivity contribution in [1.82, 2.24) is 0 Å². The maximum absolute atomic E-state index is 11.7. The molecule has 90 valence electrons. The van der Waals surface area contributed by atoms with Gasteiger partial charge in [-0.15, -0.1) is 0 Å². The number of aldehydes is 1. The van der Waals surface area contributed by atoms with Gasteiger partial charge < -0.3 is 0 Å². The number of hydrogen-bond donors (Lipinski definition) is 0. The first kappa shape index (κ1) is 13.3. The highest BCUT2D eigenvalue weighted by Crippen LogP contribution is 2.38. The van der Waals surface area contributed by atoms with Gasteiger partial charge in [-0.05, 0) is 44.9 Å². The summed E-state index contributed by atoms with van der Waals surface area (Å²) in [7, 11) is 0. The van der Waals surface area contributed by atoms with Crippen molar-refractivity contribution >= 4 is 17.9 Å². The van der Waals surface area contributed by atoms with E-state index in [1.54, 1.807) is 39.8 Å². The SMILES string of the molecule is CC1=C(/C=C/C(C)=C/C=O)C(C)(C)C(=O)C1=O. The van der Waals surface area contributed by atoms with Crippen LogP contribution in [0.5, 0.6) is 0 Å². The number of ketones is 2. The van der Waals surface area contributed by atoms with Gasteiger partial charge in [-0.2, -0.15) is 0 Å². The minimum atomic E-state index is -0.765. The lowest BCUT2D eigenvalue weighted by Gasteiger charge is -2.17. The summed E-state index contributed by atoms with van der Waals surface area (Å²) in [6, 6.07) is 0. The van der Waals surface area contributed by atoms with Crippen LogP contribution in [0, 0.1) is 5.41 Å².